The third-order valence-corrected chi connectivity index (χ3v) is 2.95. The van der Waals surface area contributed by atoms with E-state index in [1.54, 1.807) is 11.9 Å². The highest BCUT2D eigenvalue weighted by Gasteiger charge is 2.22. The minimum atomic E-state index is -0.0320. The van der Waals surface area contributed by atoms with Gasteiger partial charge in [0, 0.05) is 25.2 Å². The van der Waals surface area contributed by atoms with E-state index in [0.717, 1.165) is 30.1 Å². The van der Waals surface area contributed by atoms with Gasteiger partial charge in [0.15, 0.2) is 6.61 Å². The van der Waals surface area contributed by atoms with Crippen LogP contribution in [0, 0.1) is 0 Å². The molecule has 0 radical (unpaired) electrons. The predicted molar refractivity (Wildman–Crippen MR) is 69.2 cm³/mol. The molecule has 0 bridgehead atoms. The number of ether oxygens (including phenoxy) is 1. The Morgan fingerprint density at radius 1 is 1.53 bits per heavy atom. The molecule has 5 heteroatoms. The minimum absolute atomic E-state index is 0.0320. The predicted octanol–water partition coefficient (Wildman–Crippen LogP) is 2.08. The number of halogens is 1. The van der Waals surface area contributed by atoms with Crippen molar-refractivity contribution in [2.45, 2.75) is 6.42 Å². The summed E-state index contributed by atoms with van der Waals surface area (Å²) in [5, 5.41) is 3.25. The Balaban J connectivity index is 2.14. The summed E-state index contributed by atoms with van der Waals surface area (Å²) < 4.78 is 5.35. The van der Waals surface area contributed by atoms with Crippen LogP contribution in [0.1, 0.15) is 6.42 Å². The van der Waals surface area contributed by atoms with Crippen LogP contribution in [-0.2, 0) is 4.79 Å². The van der Waals surface area contributed by atoms with Crippen LogP contribution in [0.25, 0.3) is 0 Å². The van der Waals surface area contributed by atoms with Crippen LogP contribution in [0.3, 0.4) is 0 Å². The van der Waals surface area contributed by atoms with Crippen molar-refractivity contribution in [2.24, 2.45) is 0 Å². The highest BCUT2D eigenvalue weighted by atomic mass is 35.5. The number of anilines is 2. The quantitative estimate of drug-likeness (QED) is 0.661. The van der Waals surface area contributed by atoms with Crippen molar-refractivity contribution in [3.8, 4) is 5.75 Å². The molecule has 0 fully saturated rings. The highest BCUT2D eigenvalue weighted by molar-refractivity contribution is 6.17. The van der Waals surface area contributed by atoms with Crippen molar-refractivity contribution in [1.29, 1.82) is 0 Å². The van der Waals surface area contributed by atoms with Crippen molar-refractivity contribution in [2.75, 3.05) is 36.3 Å². The van der Waals surface area contributed by atoms with Crippen molar-refractivity contribution in [3.05, 3.63) is 18.2 Å². The molecule has 1 N–H and O–H groups in total. The average molecular weight is 255 g/mol. The summed E-state index contributed by atoms with van der Waals surface area (Å²) in [6.07, 6.45) is 0.907. The van der Waals surface area contributed by atoms with Crippen molar-refractivity contribution in [1.82, 2.24) is 0 Å². The third-order valence-electron chi connectivity index (χ3n) is 2.69. The van der Waals surface area contributed by atoms with E-state index in [1.807, 2.05) is 18.2 Å². The maximum absolute atomic E-state index is 11.5. The molecule has 1 amide bonds. The number of rotatable bonds is 4. The van der Waals surface area contributed by atoms with Gasteiger partial charge in [0.1, 0.15) is 5.75 Å². The van der Waals surface area contributed by atoms with Crippen LogP contribution in [0.5, 0.6) is 5.75 Å². The van der Waals surface area contributed by atoms with Crippen molar-refractivity contribution >= 4 is 28.9 Å². The fraction of sp³-hybridized carbons (Fsp3) is 0.417. The lowest BCUT2D eigenvalue weighted by molar-refractivity contribution is -0.120. The molecule has 92 valence electrons. The van der Waals surface area contributed by atoms with Gasteiger partial charge in [-0.2, -0.15) is 0 Å². The number of benzene rings is 1. The smallest absolute Gasteiger partial charge is 0.264 e. The Kier molecular flexibility index (Phi) is 3.74. The van der Waals surface area contributed by atoms with E-state index in [1.165, 1.54) is 0 Å². The van der Waals surface area contributed by atoms with E-state index in [2.05, 4.69) is 5.32 Å². The van der Waals surface area contributed by atoms with E-state index in [9.17, 15) is 4.79 Å². The number of alkyl halides is 1. The lowest BCUT2D eigenvalue weighted by Crippen LogP contribution is -2.35. The van der Waals surface area contributed by atoms with Gasteiger partial charge < -0.3 is 15.0 Å². The second-order valence-electron chi connectivity index (χ2n) is 3.89. The van der Waals surface area contributed by atoms with Crippen molar-refractivity contribution < 1.29 is 9.53 Å². The molecular formula is C12H15ClN2O2. The number of nitrogens with one attached hydrogen (secondary N) is 1. The Bertz CT molecular complexity index is 423. The number of nitrogens with zero attached hydrogens (tertiary/aromatic N) is 1. The molecule has 0 saturated heterocycles. The summed E-state index contributed by atoms with van der Waals surface area (Å²) in [6, 6.07) is 5.73. The van der Waals surface area contributed by atoms with Gasteiger partial charge >= 0.3 is 0 Å². The van der Waals surface area contributed by atoms with Gasteiger partial charge in [0.05, 0.1) is 5.69 Å². The minimum Gasteiger partial charge on any atom is -0.482 e. The van der Waals surface area contributed by atoms with Crippen LogP contribution in [0.2, 0.25) is 0 Å². The van der Waals surface area contributed by atoms with Gasteiger partial charge in [-0.05, 0) is 24.6 Å². The standard InChI is InChI=1S/C12H15ClN2O2/c1-15-10-7-9(14-6-2-5-13)3-4-11(10)17-8-12(15)16/h3-4,7,14H,2,5-6,8H2,1H3. The fourth-order valence-electron chi connectivity index (χ4n) is 1.68. The zero-order valence-electron chi connectivity index (χ0n) is 9.70. The second kappa shape index (κ2) is 5.27. The first-order valence-corrected chi connectivity index (χ1v) is 6.09. The summed E-state index contributed by atoms with van der Waals surface area (Å²) in [4.78, 5) is 13.1. The van der Waals surface area contributed by atoms with Crippen LogP contribution < -0.4 is 15.0 Å². The molecule has 1 aliphatic heterocycles. The molecule has 4 nitrogen and oxygen atoms in total. The normalized spacial score (nSPS) is 14.2. The SMILES string of the molecule is CN1C(=O)COc2ccc(NCCCCl)cc21. The first kappa shape index (κ1) is 12.0. The largest absolute Gasteiger partial charge is 0.482 e. The van der Waals surface area contributed by atoms with Crippen LogP contribution >= 0.6 is 11.6 Å². The molecule has 0 saturated carbocycles. The fourth-order valence-corrected chi connectivity index (χ4v) is 1.82. The van der Waals surface area contributed by atoms with Gasteiger partial charge in [0.25, 0.3) is 5.91 Å². The van der Waals surface area contributed by atoms with Gasteiger partial charge in [-0.3, -0.25) is 4.79 Å². The number of amides is 1. The molecule has 0 aromatic heterocycles. The van der Waals surface area contributed by atoms with Gasteiger partial charge in [0.2, 0.25) is 0 Å². The highest BCUT2D eigenvalue weighted by Crippen LogP contribution is 2.33. The monoisotopic (exact) mass is 254 g/mol. The Morgan fingerprint density at radius 2 is 2.35 bits per heavy atom. The maximum atomic E-state index is 11.5. The summed E-state index contributed by atoms with van der Waals surface area (Å²) >= 11 is 5.61. The van der Waals surface area contributed by atoms with Gasteiger partial charge in [-0.15, -0.1) is 11.6 Å². The number of carbonyl (C=O) groups is 1. The van der Waals surface area contributed by atoms with Gasteiger partial charge in [-0.25, -0.2) is 0 Å². The molecule has 0 aliphatic carbocycles. The lowest BCUT2D eigenvalue weighted by atomic mass is 10.2. The van der Waals surface area contributed by atoms with E-state index >= 15 is 0 Å². The maximum Gasteiger partial charge on any atom is 0.264 e. The molecule has 0 spiro atoms. The lowest BCUT2D eigenvalue weighted by Gasteiger charge is -2.26. The summed E-state index contributed by atoms with van der Waals surface area (Å²) in [5.74, 6) is 1.35. The van der Waals surface area contributed by atoms with Gasteiger partial charge in [-0.1, -0.05) is 0 Å². The summed E-state index contributed by atoms with van der Waals surface area (Å²) in [7, 11) is 1.76. The van der Waals surface area contributed by atoms with E-state index in [-0.39, 0.29) is 12.5 Å². The number of hydrogen-bond acceptors (Lipinski definition) is 3. The van der Waals surface area contributed by atoms with E-state index in [0.29, 0.717) is 5.88 Å². The molecule has 1 aromatic carbocycles. The van der Waals surface area contributed by atoms with E-state index < -0.39 is 0 Å². The number of hydrogen-bond donors (Lipinski definition) is 1. The van der Waals surface area contributed by atoms with Crippen LogP contribution in [0.4, 0.5) is 11.4 Å². The summed E-state index contributed by atoms with van der Waals surface area (Å²) in [6.45, 7) is 0.934. The first-order chi connectivity index (χ1) is 8.22. The first-order valence-electron chi connectivity index (χ1n) is 5.55. The van der Waals surface area contributed by atoms with Crippen molar-refractivity contribution in [3.63, 3.8) is 0 Å². The van der Waals surface area contributed by atoms with E-state index in [4.69, 9.17) is 16.3 Å². The molecule has 1 heterocycles. The number of fused-ring (bicyclic) bond motifs is 1. The number of carbonyl (C=O) groups excluding carboxylic acids is 1. The average Bonchev–Trinajstić information content (AvgIpc) is 2.35. The summed E-state index contributed by atoms with van der Waals surface area (Å²) in [5.41, 5.74) is 1.77. The topological polar surface area (TPSA) is 41.6 Å². The molecule has 0 atom stereocenters. The molecular weight excluding hydrogens is 240 g/mol. The Morgan fingerprint density at radius 3 is 3.12 bits per heavy atom. The Labute approximate surface area is 106 Å². The van der Waals surface area contributed by atoms with Crippen LogP contribution in [-0.4, -0.2) is 32.0 Å². The molecule has 1 aromatic rings. The zero-order chi connectivity index (χ0) is 12.3. The molecule has 17 heavy (non-hydrogen) atoms. The molecule has 1 aliphatic rings. The van der Waals surface area contributed by atoms with Crippen LogP contribution in [0.15, 0.2) is 18.2 Å². The molecule has 2 rings (SSSR count). The Hall–Kier alpha value is -1.42. The zero-order valence-corrected chi connectivity index (χ0v) is 10.5. The molecule has 0 unspecified atom stereocenters. The second-order valence-corrected chi connectivity index (χ2v) is 4.27. The number of likely N-dealkylation sites (N-methyl/N-ethyl adjacent to an activating group) is 1. The third kappa shape index (κ3) is 2.64.